The van der Waals surface area contributed by atoms with Crippen molar-refractivity contribution in [2.45, 2.75) is 37.6 Å². The summed E-state index contributed by atoms with van der Waals surface area (Å²) in [7, 11) is 1.92. The van der Waals surface area contributed by atoms with Crippen molar-refractivity contribution in [3.05, 3.63) is 71.9 Å². The van der Waals surface area contributed by atoms with Gasteiger partial charge in [0, 0.05) is 43.6 Å². The number of carbonyl (C=O) groups is 2. The zero-order valence-corrected chi connectivity index (χ0v) is 23.1. The highest BCUT2D eigenvalue weighted by Gasteiger charge is 2.31. The number of hydrogen-bond donors (Lipinski definition) is 1. The normalized spacial score (nSPS) is 14.5. The highest BCUT2D eigenvalue weighted by Crippen LogP contribution is 2.31. The molecule has 2 heterocycles. The third-order valence-electron chi connectivity index (χ3n) is 6.39. The largest absolute Gasteiger partial charge is 0.484 e. The molecule has 200 valence electrons. The van der Waals surface area contributed by atoms with Crippen LogP contribution in [0.25, 0.3) is 0 Å². The number of hydrogen-bond acceptors (Lipinski definition) is 7. The highest BCUT2D eigenvalue weighted by molar-refractivity contribution is 7.98. The molecule has 9 nitrogen and oxygen atoms in total. The van der Waals surface area contributed by atoms with Gasteiger partial charge in [0.15, 0.2) is 5.16 Å². The Balaban J connectivity index is 1.64. The van der Waals surface area contributed by atoms with Crippen LogP contribution in [0.2, 0.25) is 0 Å². The van der Waals surface area contributed by atoms with E-state index in [4.69, 9.17) is 4.74 Å². The zero-order valence-electron chi connectivity index (χ0n) is 22.3. The predicted octanol–water partition coefficient (Wildman–Crippen LogP) is 5.19. The summed E-state index contributed by atoms with van der Waals surface area (Å²) >= 11 is 1.43. The maximum atomic E-state index is 13.6. The van der Waals surface area contributed by atoms with Crippen LogP contribution >= 0.6 is 11.8 Å². The number of ether oxygens (including phenoxy) is 1. The summed E-state index contributed by atoms with van der Waals surface area (Å²) in [5.74, 6) is 0.970. The second-order valence-corrected chi connectivity index (χ2v) is 10.8. The van der Waals surface area contributed by atoms with Crippen LogP contribution in [0.15, 0.2) is 66.0 Å². The second kappa shape index (κ2) is 11.3. The summed E-state index contributed by atoms with van der Waals surface area (Å²) in [5.41, 5.74) is 1.37. The van der Waals surface area contributed by atoms with Crippen molar-refractivity contribution in [1.82, 2.24) is 14.9 Å². The van der Waals surface area contributed by atoms with Crippen molar-refractivity contribution in [1.29, 1.82) is 0 Å². The van der Waals surface area contributed by atoms with Crippen molar-refractivity contribution in [2.75, 3.05) is 42.7 Å². The lowest BCUT2D eigenvalue weighted by atomic mass is 10.0. The summed E-state index contributed by atoms with van der Waals surface area (Å²) in [6, 6.07) is 16.9. The summed E-state index contributed by atoms with van der Waals surface area (Å²) in [5, 5.41) is 10.5. The minimum absolute atomic E-state index is 0.142. The van der Waals surface area contributed by atoms with Crippen molar-refractivity contribution < 1.29 is 19.4 Å². The van der Waals surface area contributed by atoms with Gasteiger partial charge in [0.2, 0.25) is 0 Å². The fourth-order valence-corrected chi connectivity index (χ4v) is 4.65. The topological polar surface area (TPSA) is 99.1 Å². The molecule has 3 aromatic rings. The van der Waals surface area contributed by atoms with Gasteiger partial charge >= 0.3 is 6.09 Å². The van der Waals surface area contributed by atoms with Crippen LogP contribution in [-0.2, 0) is 0 Å². The number of carboxylic acid groups (broad SMARTS) is 1. The van der Waals surface area contributed by atoms with Gasteiger partial charge in [0.25, 0.3) is 5.91 Å². The van der Waals surface area contributed by atoms with Crippen molar-refractivity contribution in [2.24, 2.45) is 0 Å². The molecule has 0 saturated heterocycles. The molecule has 10 heteroatoms. The van der Waals surface area contributed by atoms with E-state index in [-0.39, 0.29) is 12.5 Å². The van der Waals surface area contributed by atoms with Gasteiger partial charge in [-0.15, -0.1) is 0 Å². The molecule has 1 unspecified atom stereocenters. The Morgan fingerprint density at radius 2 is 1.89 bits per heavy atom. The van der Waals surface area contributed by atoms with Crippen LogP contribution in [0, 0.1) is 0 Å². The minimum Gasteiger partial charge on any atom is -0.484 e. The van der Waals surface area contributed by atoms with E-state index in [1.807, 2.05) is 93.6 Å². The first kappa shape index (κ1) is 27.3. The lowest BCUT2D eigenvalue weighted by Gasteiger charge is -2.36. The lowest BCUT2D eigenvalue weighted by molar-refractivity contribution is 0.0644. The molecule has 1 aromatic heterocycles. The molecule has 1 aliphatic heterocycles. The summed E-state index contributed by atoms with van der Waals surface area (Å²) in [4.78, 5) is 39.6. The number of fused-ring (bicyclic) bond motifs is 1. The zero-order chi connectivity index (χ0) is 27.4. The Labute approximate surface area is 227 Å². The van der Waals surface area contributed by atoms with Gasteiger partial charge < -0.3 is 19.6 Å². The van der Waals surface area contributed by atoms with E-state index in [9.17, 15) is 14.7 Å². The average Bonchev–Trinajstić information content (AvgIpc) is 3.02. The SMILES string of the molecule is CSc1ncc2c(n1)N(C)CCN(c1cccc(OC(CN(C(=O)O)C(C)(C)C)c3ccccc3)c1)C2=O. The third-order valence-corrected chi connectivity index (χ3v) is 6.96. The molecule has 1 atom stereocenters. The number of rotatable bonds is 7. The third kappa shape index (κ3) is 6.02. The maximum absolute atomic E-state index is 13.6. The monoisotopic (exact) mass is 535 g/mol. The van der Waals surface area contributed by atoms with Crippen LogP contribution in [0.3, 0.4) is 0 Å². The Bertz CT molecular complexity index is 1300. The van der Waals surface area contributed by atoms with Gasteiger partial charge in [-0.05, 0) is 44.7 Å². The molecular weight excluding hydrogens is 502 g/mol. The Morgan fingerprint density at radius 1 is 1.16 bits per heavy atom. The Hall–Kier alpha value is -3.79. The van der Waals surface area contributed by atoms with E-state index >= 15 is 0 Å². The van der Waals surface area contributed by atoms with Gasteiger partial charge in [-0.25, -0.2) is 14.8 Å². The molecule has 0 saturated carbocycles. The van der Waals surface area contributed by atoms with Gasteiger partial charge in [-0.2, -0.15) is 0 Å². The molecule has 0 aliphatic carbocycles. The van der Waals surface area contributed by atoms with Crippen LogP contribution < -0.4 is 14.5 Å². The molecular formula is C28H33N5O4S. The molecule has 1 N–H and O–H groups in total. The lowest BCUT2D eigenvalue weighted by Crippen LogP contribution is -2.47. The first-order valence-electron chi connectivity index (χ1n) is 12.3. The number of anilines is 2. The molecule has 4 rings (SSSR count). The molecule has 2 aromatic carbocycles. The summed E-state index contributed by atoms with van der Waals surface area (Å²) < 4.78 is 6.41. The van der Waals surface area contributed by atoms with E-state index in [0.29, 0.717) is 41.1 Å². The summed E-state index contributed by atoms with van der Waals surface area (Å²) in [6.45, 7) is 6.77. The average molecular weight is 536 g/mol. The number of nitrogens with zero attached hydrogens (tertiary/aromatic N) is 5. The van der Waals surface area contributed by atoms with Crippen molar-refractivity contribution >= 4 is 35.3 Å². The Kier molecular flexibility index (Phi) is 8.11. The highest BCUT2D eigenvalue weighted by atomic mass is 32.2. The van der Waals surface area contributed by atoms with E-state index in [1.54, 1.807) is 11.1 Å². The predicted molar refractivity (Wildman–Crippen MR) is 149 cm³/mol. The first-order valence-corrected chi connectivity index (χ1v) is 13.6. The van der Waals surface area contributed by atoms with Crippen molar-refractivity contribution in [3.8, 4) is 5.75 Å². The Morgan fingerprint density at radius 3 is 2.55 bits per heavy atom. The second-order valence-electron chi connectivity index (χ2n) is 10.1. The van der Waals surface area contributed by atoms with Crippen LogP contribution in [0.1, 0.15) is 42.8 Å². The smallest absolute Gasteiger partial charge is 0.407 e. The number of amides is 2. The number of carbonyl (C=O) groups excluding carboxylic acids is 1. The first-order chi connectivity index (χ1) is 18.1. The van der Waals surface area contributed by atoms with E-state index < -0.39 is 17.7 Å². The molecule has 38 heavy (non-hydrogen) atoms. The number of aromatic nitrogens is 2. The fourth-order valence-electron chi connectivity index (χ4n) is 4.32. The standard InChI is InChI=1S/C28H33N5O4S/c1-28(2,3)33(27(35)36)18-23(19-10-7-6-8-11-19)37-21-13-9-12-20(16-21)32-15-14-31(4)24-22(25(32)34)17-29-26(30-24)38-5/h6-13,16-17,23H,14-15,18H2,1-5H3,(H,35,36). The quantitative estimate of drug-likeness (QED) is 0.326. The van der Waals surface area contributed by atoms with Crippen LogP contribution in [0.5, 0.6) is 5.75 Å². The summed E-state index contributed by atoms with van der Waals surface area (Å²) in [6.07, 6.45) is 1.93. The molecule has 2 amide bonds. The van der Waals surface area contributed by atoms with Crippen LogP contribution in [0.4, 0.5) is 16.3 Å². The minimum atomic E-state index is -1.01. The fraction of sp³-hybridized carbons (Fsp3) is 0.357. The number of benzene rings is 2. The molecule has 1 aliphatic rings. The number of thioether (sulfide) groups is 1. The van der Waals surface area contributed by atoms with Gasteiger partial charge in [0.05, 0.1) is 6.54 Å². The van der Waals surface area contributed by atoms with E-state index in [1.165, 1.54) is 16.7 Å². The van der Waals surface area contributed by atoms with E-state index in [0.717, 1.165) is 5.56 Å². The van der Waals surface area contributed by atoms with Gasteiger partial charge in [-0.3, -0.25) is 9.69 Å². The van der Waals surface area contributed by atoms with Crippen molar-refractivity contribution in [3.63, 3.8) is 0 Å². The number of likely N-dealkylation sites (N-methyl/N-ethyl adjacent to an activating group) is 1. The van der Waals surface area contributed by atoms with Gasteiger partial charge in [-0.1, -0.05) is 48.2 Å². The van der Waals surface area contributed by atoms with Crippen LogP contribution in [-0.4, -0.2) is 70.5 Å². The molecule has 0 bridgehead atoms. The van der Waals surface area contributed by atoms with E-state index in [2.05, 4.69) is 9.97 Å². The molecule has 0 fully saturated rings. The molecule has 0 radical (unpaired) electrons. The molecule has 0 spiro atoms. The maximum Gasteiger partial charge on any atom is 0.407 e. The van der Waals surface area contributed by atoms with Gasteiger partial charge in [0.1, 0.15) is 23.2 Å².